The topological polar surface area (TPSA) is 64.0 Å². The molecule has 0 N–H and O–H groups in total. The Morgan fingerprint density at radius 3 is 2.48 bits per heavy atom. The molecule has 25 heavy (non-hydrogen) atoms. The standard InChI is InChI=1S/C18H16FN5O/c19-13-12-21-17(23-18(13)24-8-10-25-11-9-24)16-6-3-5-15(22-16)14-4-1-2-7-20-14/h1-7,12H,8-11H2. The van der Waals surface area contributed by atoms with E-state index in [-0.39, 0.29) is 0 Å². The SMILES string of the molecule is Fc1cnc(-c2cccc(-c3ccccn3)n2)nc1N1CCOCC1. The first-order chi connectivity index (χ1) is 12.3. The molecule has 0 unspecified atom stereocenters. The molecule has 0 aliphatic carbocycles. The molecular formula is C18H16FN5O. The van der Waals surface area contributed by atoms with Gasteiger partial charge in [0.1, 0.15) is 5.69 Å². The second-order valence-corrected chi connectivity index (χ2v) is 5.59. The molecule has 6 nitrogen and oxygen atoms in total. The van der Waals surface area contributed by atoms with Crippen molar-refractivity contribution < 1.29 is 9.13 Å². The number of hydrogen-bond acceptors (Lipinski definition) is 6. The summed E-state index contributed by atoms with van der Waals surface area (Å²) in [5.41, 5.74) is 2.07. The van der Waals surface area contributed by atoms with Crippen LogP contribution in [0.5, 0.6) is 0 Å². The summed E-state index contributed by atoms with van der Waals surface area (Å²) in [5.74, 6) is 0.241. The second kappa shape index (κ2) is 6.90. The number of anilines is 1. The highest BCUT2D eigenvalue weighted by molar-refractivity contribution is 5.60. The summed E-state index contributed by atoms with van der Waals surface area (Å²) in [4.78, 5) is 19.3. The Kier molecular flexibility index (Phi) is 4.30. The van der Waals surface area contributed by atoms with Gasteiger partial charge in [0.05, 0.1) is 30.8 Å². The van der Waals surface area contributed by atoms with Crippen molar-refractivity contribution in [1.82, 2.24) is 19.9 Å². The lowest BCUT2D eigenvalue weighted by Crippen LogP contribution is -2.37. The van der Waals surface area contributed by atoms with Gasteiger partial charge in [0, 0.05) is 19.3 Å². The van der Waals surface area contributed by atoms with Crippen molar-refractivity contribution >= 4 is 5.82 Å². The van der Waals surface area contributed by atoms with Crippen LogP contribution in [0, 0.1) is 5.82 Å². The van der Waals surface area contributed by atoms with Gasteiger partial charge in [-0.2, -0.15) is 0 Å². The Hall–Kier alpha value is -2.93. The zero-order valence-corrected chi connectivity index (χ0v) is 13.5. The van der Waals surface area contributed by atoms with E-state index in [1.165, 1.54) is 6.20 Å². The van der Waals surface area contributed by atoms with Gasteiger partial charge in [0.2, 0.25) is 0 Å². The predicted molar refractivity (Wildman–Crippen MR) is 91.5 cm³/mol. The van der Waals surface area contributed by atoms with Crippen molar-refractivity contribution in [2.75, 3.05) is 31.2 Å². The van der Waals surface area contributed by atoms with Crippen molar-refractivity contribution in [3.8, 4) is 22.9 Å². The largest absolute Gasteiger partial charge is 0.378 e. The molecule has 0 bridgehead atoms. The van der Waals surface area contributed by atoms with E-state index < -0.39 is 5.82 Å². The number of aromatic nitrogens is 4. The molecule has 4 rings (SSSR count). The quantitative estimate of drug-likeness (QED) is 0.732. The molecule has 1 saturated heterocycles. The minimum absolute atomic E-state index is 0.290. The van der Waals surface area contributed by atoms with Crippen LogP contribution in [-0.2, 0) is 4.74 Å². The van der Waals surface area contributed by atoms with E-state index in [9.17, 15) is 4.39 Å². The molecule has 0 spiro atoms. The average molecular weight is 337 g/mol. The molecule has 1 aliphatic heterocycles. The summed E-state index contributed by atoms with van der Waals surface area (Å²) in [7, 11) is 0. The van der Waals surface area contributed by atoms with Crippen molar-refractivity contribution in [2.45, 2.75) is 0 Å². The molecule has 1 fully saturated rings. The molecule has 126 valence electrons. The highest BCUT2D eigenvalue weighted by Gasteiger charge is 2.18. The van der Waals surface area contributed by atoms with Crippen molar-refractivity contribution in [2.24, 2.45) is 0 Å². The minimum atomic E-state index is -0.438. The maximum Gasteiger partial charge on any atom is 0.183 e. The lowest BCUT2D eigenvalue weighted by atomic mass is 10.2. The molecule has 4 heterocycles. The van der Waals surface area contributed by atoms with Gasteiger partial charge in [0.25, 0.3) is 0 Å². The summed E-state index contributed by atoms with van der Waals surface area (Å²) >= 11 is 0. The van der Waals surface area contributed by atoms with E-state index in [1.54, 1.807) is 6.20 Å². The maximum atomic E-state index is 14.2. The lowest BCUT2D eigenvalue weighted by Gasteiger charge is -2.28. The molecule has 3 aromatic heterocycles. The zero-order chi connectivity index (χ0) is 17.1. The number of pyridine rings is 2. The molecule has 0 amide bonds. The van der Waals surface area contributed by atoms with Crippen LogP contribution >= 0.6 is 0 Å². The Bertz CT molecular complexity index is 868. The molecule has 1 aliphatic rings. The monoisotopic (exact) mass is 337 g/mol. The molecule has 0 radical (unpaired) electrons. The fraction of sp³-hybridized carbons (Fsp3) is 0.222. The molecule has 0 aromatic carbocycles. The minimum Gasteiger partial charge on any atom is -0.378 e. The lowest BCUT2D eigenvalue weighted by molar-refractivity contribution is 0.122. The van der Waals surface area contributed by atoms with Crippen LogP contribution in [0.1, 0.15) is 0 Å². The zero-order valence-electron chi connectivity index (χ0n) is 13.5. The molecule has 7 heteroatoms. The number of ether oxygens (including phenoxy) is 1. The van der Waals surface area contributed by atoms with Crippen LogP contribution in [0.2, 0.25) is 0 Å². The Labute approximate surface area is 144 Å². The Morgan fingerprint density at radius 1 is 0.880 bits per heavy atom. The first-order valence-electron chi connectivity index (χ1n) is 8.05. The Morgan fingerprint density at radius 2 is 1.68 bits per heavy atom. The van der Waals surface area contributed by atoms with Gasteiger partial charge in [-0.1, -0.05) is 12.1 Å². The van der Waals surface area contributed by atoms with Crippen LogP contribution < -0.4 is 4.90 Å². The molecular weight excluding hydrogens is 321 g/mol. The van der Waals surface area contributed by atoms with Crippen molar-refractivity contribution in [1.29, 1.82) is 0 Å². The number of nitrogens with zero attached hydrogens (tertiary/aromatic N) is 5. The molecule has 3 aromatic rings. The van der Waals surface area contributed by atoms with E-state index in [1.807, 2.05) is 41.3 Å². The van der Waals surface area contributed by atoms with Crippen LogP contribution in [0.3, 0.4) is 0 Å². The third-order valence-electron chi connectivity index (χ3n) is 3.94. The normalized spacial score (nSPS) is 14.5. The molecule has 0 saturated carbocycles. The average Bonchev–Trinajstić information content (AvgIpc) is 2.70. The van der Waals surface area contributed by atoms with Crippen LogP contribution in [0.25, 0.3) is 22.9 Å². The second-order valence-electron chi connectivity index (χ2n) is 5.59. The van der Waals surface area contributed by atoms with Crippen LogP contribution in [0.4, 0.5) is 10.2 Å². The predicted octanol–water partition coefficient (Wildman–Crippen LogP) is 2.58. The van der Waals surface area contributed by atoms with E-state index >= 15 is 0 Å². The maximum absolute atomic E-state index is 14.2. The van der Waals surface area contributed by atoms with Gasteiger partial charge in [-0.15, -0.1) is 0 Å². The van der Waals surface area contributed by atoms with E-state index in [0.717, 1.165) is 11.4 Å². The smallest absolute Gasteiger partial charge is 0.183 e. The highest BCUT2D eigenvalue weighted by Crippen LogP contribution is 2.23. The summed E-state index contributed by atoms with van der Waals surface area (Å²) < 4.78 is 19.5. The number of hydrogen-bond donors (Lipinski definition) is 0. The summed E-state index contributed by atoms with van der Waals surface area (Å²) in [6.07, 6.45) is 2.91. The van der Waals surface area contributed by atoms with Gasteiger partial charge in [0.15, 0.2) is 17.5 Å². The van der Waals surface area contributed by atoms with Crippen molar-refractivity contribution in [3.05, 3.63) is 54.6 Å². The van der Waals surface area contributed by atoms with E-state index in [0.29, 0.717) is 43.6 Å². The van der Waals surface area contributed by atoms with Crippen LogP contribution in [0.15, 0.2) is 48.8 Å². The number of halogens is 1. The first kappa shape index (κ1) is 15.6. The summed E-state index contributed by atoms with van der Waals surface area (Å²) in [5, 5.41) is 0. The van der Waals surface area contributed by atoms with Gasteiger partial charge >= 0.3 is 0 Å². The van der Waals surface area contributed by atoms with Gasteiger partial charge in [-0.3, -0.25) is 4.98 Å². The van der Waals surface area contributed by atoms with E-state index in [2.05, 4.69) is 19.9 Å². The molecule has 0 atom stereocenters. The number of rotatable bonds is 3. The highest BCUT2D eigenvalue weighted by atomic mass is 19.1. The fourth-order valence-electron chi connectivity index (χ4n) is 2.69. The first-order valence-corrected chi connectivity index (χ1v) is 8.05. The summed E-state index contributed by atoms with van der Waals surface area (Å²) in [6, 6.07) is 11.2. The van der Waals surface area contributed by atoms with Crippen LogP contribution in [-0.4, -0.2) is 46.2 Å². The summed E-state index contributed by atoms with van der Waals surface area (Å²) in [6.45, 7) is 2.34. The third-order valence-corrected chi connectivity index (χ3v) is 3.94. The van der Waals surface area contributed by atoms with Gasteiger partial charge in [-0.25, -0.2) is 19.3 Å². The van der Waals surface area contributed by atoms with Crippen molar-refractivity contribution in [3.63, 3.8) is 0 Å². The fourth-order valence-corrected chi connectivity index (χ4v) is 2.69. The van der Waals surface area contributed by atoms with Gasteiger partial charge in [-0.05, 0) is 24.3 Å². The van der Waals surface area contributed by atoms with Gasteiger partial charge < -0.3 is 9.64 Å². The third kappa shape index (κ3) is 3.32. The number of morpholine rings is 1. The Balaban J connectivity index is 1.70. The van der Waals surface area contributed by atoms with E-state index in [4.69, 9.17) is 4.74 Å².